The van der Waals surface area contributed by atoms with Crippen LogP contribution >= 0.6 is 15.9 Å². The zero-order valence-corrected chi connectivity index (χ0v) is 19.6. The van der Waals surface area contributed by atoms with Gasteiger partial charge in [0.05, 0.1) is 20.3 Å². The Hall–Kier alpha value is -3.07. The van der Waals surface area contributed by atoms with Crippen LogP contribution in [0.15, 0.2) is 36.4 Å². The van der Waals surface area contributed by atoms with E-state index in [4.69, 9.17) is 9.47 Å². The number of methoxy groups -OCH3 is 2. The lowest BCUT2D eigenvalue weighted by molar-refractivity contribution is -0.140. The molecule has 2 amide bonds. The molecule has 2 aromatic rings. The third kappa shape index (κ3) is 4.57. The van der Waals surface area contributed by atoms with Gasteiger partial charge in [0.15, 0.2) is 11.5 Å². The van der Waals surface area contributed by atoms with E-state index in [0.29, 0.717) is 46.6 Å². The van der Waals surface area contributed by atoms with E-state index >= 15 is 0 Å². The third-order valence-electron chi connectivity index (χ3n) is 5.40. The van der Waals surface area contributed by atoms with E-state index in [2.05, 4.69) is 21.2 Å². The van der Waals surface area contributed by atoms with E-state index in [1.54, 1.807) is 41.3 Å². The van der Waals surface area contributed by atoms with Crippen LogP contribution in [0.2, 0.25) is 0 Å². The molecule has 32 heavy (non-hydrogen) atoms. The van der Waals surface area contributed by atoms with E-state index < -0.39 is 17.9 Å². The molecular weight excluding hydrogens is 480 g/mol. The number of alkyl halides is 1. The Kier molecular flexibility index (Phi) is 7.40. The highest BCUT2D eigenvalue weighted by molar-refractivity contribution is 9.09. The first-order valence-electron chi connectivity index (χ1n) is 10.1. The Morgan fingerprint density at radius 2 is 1.75 bits per heavy atom. The Morgan fingerprint density at radius 1 is 1.12 bits per heavy atom. The molecule has 0 radical (unpaired) electrons. The molecule has 0 saturated heterocycles. The maximum atomic E-state index is 13.5. The Bertz CT molecular complexity index is 1020. The van der Waals surface area contributed by atoms with Crippen molar-refractivity contribution in [3.05, 3.63) is 53.1 Å². The minimum Gasteiger partial charge on any atom is -0.493 e. The van der Waals surface area contributed by atoms with Crippen molar-refractivity contribution in [1.82, 2.24) is 4.90 Å². The third-order valence-corrected chi connectivity index (χ3v) is 5.97. The number of anilines is 1. The largest absolute Gasteiger partial charge is 0.493 e. The van der Waals surface area contributed by atoms with Crippen LogP contribution in [-0.4, -0.2) is 53.9 Å². The van der Waals surface area contributed by atoms with Gasteiger partial charge in [-0.1, -0.05) is 28.1 Å². The standard InChI is InChI=1S/C23H25BrN2O6/c1-13(27)25-15-7-5-14(6-8-15)21-20(23(29)30)16-11-18(31-2)19(32-3)12-17(16)22(28)26(21)10-4-9-24/h5-8,11-12,20-21H,4,9-10H2,1-3H3,(H,25,27)(H,29,30)/t20-,21-/m1/s1. The predicted molar refractivity (Wildman–Crippen MR) is 123 cm³/mol. The normalized spacial score (nSPS) is 17.5. The lowest BCUT2D eigenvalue weighted by Gasteiger charge is -2.41. The molecule has 2 aromatic carbocycles. The van der Waals surface area contributed by atoms with Gasteiger partial charge < -0.3 is 24.8 Å². The van der Waals surface area contributed by atoms with Gasteiger partial charge in [0.25, 0.3) is 5.91 Å². The van der Waals surface area contributed by atoms with Crippen LogP contribution < -0.4 is 14.8 Å². The fourth-order valence-corrected chi connectivity index (χ4v) is 4.30. The predicted octanol–water partition coefficient (Wildman–Crippen LogP) is 3.81. The molecule has 9 heteroatoms. The van der Waals surface area contributed by atoms with Crippen molar-refractivity contribution in [3.63, 3.8) is 0 Å². The summed E-state index contributed by atoms with van der Waals surface area (Å²) in [5.74, 6) is -1.81. The van der Waals surface area contributed by atoms with Crippen LogP contribution in [-0.2, 0) is 9.59 Å². The number of benzene rings is 2. The molecule has 3 rings (SSSR count). The summed E-state index contributed by atoms with van der Waals surface area (Å²) in [5.41, 5.74) is 1.92. The molecule has 0 aliphatic carbocycles. The Labute approximate surface area is 194 Å². The Morgan fingerprint density at radius 3 is 2.28 bits per heavy atom. The molecule has 0 unspecified atom stereocenters. The monoisotopic (exact) mass is 504 g/mol. The summed E-state index contributed by atoms with van der Waals surface area (Å²) in [5, 5.41) is 13.6. The summed E-state index contributed by atoms with van der Waals surface area (Å²) in [6, 6.07) is 9.28. The average molecular weight is 505 g/mol. The van der Waals surface area contributed by atoms with Gasteiger partial charge in [0, 0.05) is 30.0 Å². The fourth-order valence-electron chi connectivity index (χ4n) is 4.05. The number of nitrogens with one attached hydrogen (secondary N) is 1. The molecule has 0 aromatic heterocycles. The number of aliphatic carboxylic acids is 1. The van der Waals surface area contributed by atoms with Gasteiger partial charge >= 0.3 is 5.97 Å². The maximum Gasteiger partial charge on any atom is 0.313 e. The molecule has 8 nitrogen and oxygen atoms in total. The van der Waals surface area contributed by atoms with E-state index in [0.717, 1.165) is 0 Å². The van der Waals surface area contributed by atoms with E-state index in [9.17, 15) is 19.5 Å². The first kappa shape index (κ1) is 23.6. The van der Waals surface area contributed by atoms with Gasteiger partial charge in [-0.05, 0) is 41.8 Å². The van der Waals surface area contributed by atoms with Crippen LogP contribution in [0.5, 0.6) is 11.5 Å². The van der Waals surface area contributed by atoms with Crippen molar-refractivity contribution in [2.45, 2.75) is 25.3 Å². The SMILES string of the molecule is COc1cc2c(cc1OC)[C@@H](C(=O)O)[C@@H](c1ccc(NC(C)=O)cc1)N(CCCBr)C2=O. The number of amides is 2. The second-order valence-corrected chi connectivity index (χ2v) is 8.19. The van der Waals surface area contributed by atoms with Gasteiger partial charge in [-0.25, -0.2) is 0 Å². The number of carbonyl (C=O) groups is 3. The summed E-state index contributed by atoms with van der Waals surface area (Å²) in [7, 11) is 2.93. The number of carboxylic acid groups (broad SMARTS) is 1. The number of hydrogen-bond donors (Lipinski definition) is 2. The molecule has 0 saturated carbocycles. The van der Waals surface area contributed by atoms with Crippen molar-refractivity contribution in [2.75, 3.05) is 31.4 Å². The number of halogens is 1. The molecule has 1 aliphatic heterocycles. The number of rotatable bonds is 8. The molecule has 2 atom stereocenters. The van der Waals surface area contributed by atoms with E-state index in [1.165, 1.54) is 21.1 Å². The maximum absolute atomic E-state index is 13.5. The number of hydrogen-bond acceptors (Lipinski definition) is 5. The number of nitrogens with zero attached hydrogens (tertiary/aromatic N) is 1. The number of carboxylic acids is 1. The van der Waals surface area contributed by atoms with Crippen molar-refractivity contribution < 1.29 is 29.0 Å². The minimum absolute atomic E-state index is 0.206. The number of ether oxygens (including phenoxy) is 2. The van der Waals surface area contributed by atoms with Gasteiger partial charge in [-0.15, -0.1) is 0 Å². The highest BCUT2D eigenvalue weighted by Crippen LogP contribution is 2.46. The lowest BCUT2D eigenvalue weighted by atomic mass is 9.79. The van der Waals surface area contributed by atoms with Crippen LogP contribution in [0.1, 0.15) is 46.8 Å². The first-order valence-corrected chi connectivity index (χ1v) is 11.2. The number of carbonyl (C=O) groups excluding carboxylic acids is 2. The number of fused-ring (bicyclic) bond motifs is 1. The zero-order chi connectivity index (χ0) is 23.4. The van der Waals surface area contributed by atoms with Crippen LogP contribution in [0.4, 0.5) is 5.69 Å². The zero-order valence-electron chi connectivity index (χ0n) is 18.1. The van der Waals surface area contributed by atoms with Crippen LogP contribution in [0.25, 0.3) is 0 Å². The van der Waals surface area contributed by atoms with Crippen molar-refractivity contribution >= 4 is 39.4 Å². The molecule has 0 spiro atoms. The highest BCUT2D eigenvalue weighted by Gasteiger charge is 2.44. The average Bonchev–Trinajstić information content (AvgIpc) is 2.77. The quantitative estimate of drug-likeness (QED) is 0.529. The second-order valence-electron chi connectivity index (χ2n) is 7.40. The highest BCUT2D eigenvalue weighted by atomic mass is 79.9. The fraction of sp³-hybridized carbons (Fsp3) is 0.348. The molecule has 2 N–H and O–H groups in total. The summed E-state index contributed by atoms with van der Waals surface area (Å²) in [6.45, 7) is 1.79. The molecule has 1 heterocycles. The summed E-state index contributed by atoms with van der Waals surface area (Å²) in [6.07, 6.45) is 0.654. The topological polar surface area (TPSA) is 105 Å². The van der Waals surface area contributed by atoms with Gasteiger partial charge in [-0.3, -0.25) is 14.4 Å². The molecule has 170 valence electrons. The molecule has 0 fully saturated rings. The molecule has 0 bridgehead atoms. The lowest BCUT2D eigenvalue weighted by Crippen LogP contribution is -2.45. The Balaban J connectivity index is 2.17. The van der Waals surface area contributed by atoms with Crippen molar-refractivity contribution in [2.24, 2.45) is 0 Å². The second kappa shape index (κ2) is 10.0. The van der Waals surface area contributed by atoms with Crippen molar-refractivity contribution in [1.29, 1.82) is 0 Å². The minimum atomic E-state index is -1.05. The summed E-state index contributed by atoms with van der Waals surface area (Å²) >= 11 is 3.39. The van der Waals surface area contributed by atoms with Crippen LogP contribution in [0.3, 0.4) is 0 Å². The molecular formula is C23H25BrN2O6. The first-order chi connectivity index (χ1) is 15.3. The van der Waals surface area contributed by atoms with Gasteiger partial charge in [0.2, 0.25) is 5.91 Å². The molecule has 1 aliphatic rings. The summed E-state index contributed by atoms with van der Waals surface area (Å²) < 4.78 is 10.7. The van der Waals surface area contributed by atoms with Gasteiger partial charge in [0.1, 0.15) is 5.92 Å². The summed E-state index contributed by atoms with van der Waals surface area (Å²) in [4.78, 5) is 39.0. The van der Waals surface area contributed by atoms with Crippen LogP contribution in [0, 0.1) is 0 Å². The van der Waals surface area contributed by atoms with Crippen molar-refractivity contribution in [3.8, 4) is 11.5 Å². The van der Waals surface area contributed by atoms with E-state index in [-0.39, 0.29) is 17.4 Å². The van der Waals surface area contributed by atoms with E-state index in [1.807, 2.05) is 0 Å². The smallest absolute Gasteiger partial charge is 0.313 e. The van der Waals surface area contributed by atoms with Gasteiger partial charge in [-0.2, -0.15) is 0 Å².